The predicted molar refractivity (Wildman–Crippen MR) is 51.9 cm³/mol. The number of rotatable bonds is 1. The highest BCUT2D eigenvalue weighted by Gasteiger charge is 2.10. The van der Waals surface area contributed by atoms with Gasteiger partial charge in [0.25, 0.3) is 0 Å². The Hall–Kier alpha value is -1.16. The van der Waals surface area contributed by atoms with Gasteiger partial charge in [-0.2, -0.15) is 0 Å². The number of hydrogen-bond acceptors (Lipinski definition) is 4. The number of nitrogens with one attached hydrogen (secondary N) is 1. The fourth-order valence-corrected chi connectivity index (χ4v) is 1.44. The molecule has 0 atom stereocenters. The van der Waals surface area contributed by atoms with E-state index in [9.17, 15) is 0 Å². The molecule has 0 amide bonds. The second-order valence-electron chi connectivity index (χ2n) is 3.25. The van der Waals surface area contributed by atoms with Gasteiger partial charge in [-0.1, -0.05) is 0 Å². The molecule has 1 saturated heterocycles. The highest BCUT2D eigenvalue weighted by molar-refractivity contribution is 5.36. The van der Waals surface area contributed by atoms with Crippen LogP contribution in [0.3, 0.4) is 0 Å². The Morgan fingerprint density at radius 3 is 2.62 bits per heavy atom. The van der Waals surface area contributed by atoms with Gasteiger partial charge in [-0.05, 0) is 6.92 Å². The molecule has 70 valence electrons. The Balaban J connectivity index is 2.10. The maximum Gasteiger partial charge on any atom is 0.147 e. The number of aryl methyl sites for hydroxylation is 1. The fourth-order valence-electron chi connectivity index (χ4n) is 1.44. The van der Waals surface area contributed by atoms with Crippen molar-refractivity contribution in [1.82, 2.24) is 15.3 Å². The van der Waals surface area contributed by atoms with Crippen LogP contribution in [0.5, 0.6) is 0 Å². The molecular weight excluding hydrogens is 164 g/mol. The number of piperazine rings is 1. The summed E-state index contributed by atoms with van der Waals surface area (Å²) in [4.78, 5) is 10.8. The van der Waals surface area contributed by atoms with E-state index in [1.165, 1.54) is 0 Å². The minimum Gasteiger partial charge on any atom is -0.353 e. The smallest absolute Gasteiger partial charge is 0.147 e. The molecule has 2 rings (SSSR count). The Kier molecular flexibility index (Phi) is 2.40. The lowest BCUT2D eigenvalue weighted by atomic mass is 10.3. The number of nitrogens with zero attached hydrogens (tertiary/aromatic N) is 3. The third-order valence-electron chi connectivity index (χ3n) is 2.21. The molecule has 0 radical (unpaired) electrons. The summed E-state index contributed by atoms with van der Waals surface area (Å²) in [7, 11) is 0. The van der Waals surface area contributed by atoms with Crippen molar-refractivity contribution in [2.45, 2.75) is 6.92 Å². The van der Waals surface area contributed by atoms with Crippen molar-refractivity contribution in [3.8, 4) is 0 Å². The molecule has 1 N–H and O–H groups in total. The topological polar surface area (TPSA) is 41.1 Å². The van der Waals surface area contributed by atoms with Crippen molar-refractivity contribution in [3.63, 3.8) is 0 Å². The Bertz CT molecular complexity index is 263. The number of aromatic nitrogens is 2. The molecule has 0 spiro atoms. The molecular formula is C9H14N4. The molecule has 4 heteroatoms. The third kappa shape index (κ3) is 1.95. The first-order valence-corrected chi connectivity index (χ1v) is 4.60. The van der Waals surface area contributed by atoms with Crippen molar-refractivity contribution in [2.24, 2.45) is 0 Å². The van der Waals surface area contributed by atoms with Crippen LogP contribution in [0.2, 0.25) is 0 Å². The molecule has 1 aromatic heterocycles. The van der Waals surface area contributed by atoms with Gasteiger partial charge in [-0.15, -0.1) is 0 Å². The van der Waals surface area contributed by atoms with Gasteiger partial charge < -0.3 is 10.2 Å². The summed E-state index contributed by atoms with van der Waals surface area (Å²) in [6, 6.07) is 0. The van der Waals surface area contributed by atoms with Gasteiger partial charge in [0.05, 0.1) is 18.1 Å². The molecule has 0 saturated carbocycles. The van der Waals surface area contributed by atoms with Gasteiger partial charge in [0.2, 0.25) is 0 Å². The lowest BCUT2D eigenvalue weighted by Crippen LogP contribution is -2.43. The SMILES string of the molecule is Cc1cnc(N2CCNCC2)cn1. The molecule has 0 aromatic carbocycles. The van der Waals surface area contributed by atoms with E-state index in [1.807, 2.05) is 19.3 Å². The van der Waals surface area contributed by atoms with Crippen LogP contribution in [-0.4, -0.2) is 36.1 Å². The van der Waals surface area contributed by atoms with E-state index >= 15 is 0 Å². The Labute approximate surface area is 78.0 Å². The highest BCUT2D eigenvalue weighted by atomic mass is 15.2. The largest absolute Gasteiger partial charge is 0.353 e. The van der Waals surface area contributed by atoms with E-state index < -0.39 is 0 Å². The molecule has 0 bridgehead atoms. The zero-order chi connectivity index (χ0) is 9.10. The van der Waals surface area contributed by atoms with Gasteiger partial charge in [0.15, 0.2) is 0 Å². The fraction of sp³-hybridized carbons (Fsp3) is 0.556. The van der Waals surface area contributed by atoms with Gasteiger partial charge in [0.1, 0.15) is 5.82 Å². The number of anilines is 1. The monoisotopic (exact) mass is 178 g/mol. The second-order valence-corrected chi connectivity index (χ2v) is 3.25. The summed E-state index contributed by atoms with van der Waals surface area (Å²) in [6.07, 6.45) is 3.66. The molecule has 1 aliphatic heterocycles. The molecule has 1 aromatic rings. The Morgan fingerprint density at radius 2 is 2.00 bits per heavy atom. The molecule has 13 heavy (non-hydrogen) atoms. The molecule has 1 aliphatic rings. The summed E-state index contributed by atoms with van der Waals surface area (Å²) in [5, 5.41) is 3.31. The predicted octanol–water partition coefficient (Wildman–Crippen LogP) is 0.195. The standard InChI is InChI=1S/C9H14N4/c1-8-6-12-9(7-11-8)13-4-2-10-3-5-13/h6-7,10H,2-5H2,1H3. The van der Waals surface area contributed by atoms with E-state index in [0.29, 0.717) is 0 Å². The van der Waals surface area contributed by atoms with E-state index in [-0.39, 0.29) is 0 Å². The van der Waals surface area contributed by atoms with Crippen molar-refractivity contribution < 1.29 is 0 Å². The second kappa shape index (κ2) is 3.70. The van der Waals surface area contributed by atoms with Crippen LogP contribution in [-0.2, 0) is 0 Å². The first-order valence-electron chi connectivity index (χ1n) is 4.60. The van der Waals surface area contributed by atoms with Crippen LogP contribution in [0.15, 0.2) is 12.4 Å². The van der Waals surface area contributed by atoms with Crippen molar-refractivity contribution in [1.29, 1.82) is 0 Å². The van der Waals surface area contributed by atoms with Crippen molar-refractivity contribution in [3.05, 3.63) is 18.1 Å². The first-order chi connectivity index (χ1) is 6.36. The Morgan fingerprint density at radius 1 is 1.23 bits per heavy atom. The maximum absolute atomic E-state index is 4.34. The van der Waals surface area contributed by atoms with E-state index in [2.05, 4.69) is 20.2 Å². The summed E-state index contributed by atoms with van der Waals surface area (Å²) in [5.41, 5.74) is 0.971. The van der Waals surface area contributed by atoms with Crippen LogP contribution >= 0.6 is 0 Å². The van der Waals surface area contributed by atoms with Crippen LogP contribution < -0.4 is 10.2 Å². The van der Waals surface area contributed by atoms with Gasteiger partial charge in [0, 0.05) is 26.2 Å². The third-order valence-corrected chi connectivity index (χ3v) is 2.21. The lowest BCUT2D eigenvalue weighted by molar-refractivity contribution is 0.584. The van der Waals surface area contributed by atoms with Gasteiger partial charge in [-0.25, -0.2) is 4.98 Å². The van der Waals surface area contributed by atoms with Crippen LogP contribution in [0.25, 0.3) is 0 Å². The molecule has 4 nitrogen and oxygen atoms in total. The molecule has 2 heterocycles. The van der Waals surface area contributed by atoms with Crippen LogP contribution in [0, 0.1) is 6.92 Å². The zero-order valence-corrected chi connectivity index (χ0v) is 7.82. The first kappa shape index (κ1) is 8.44. The molecule has 0 unspecified atom stereocenters. The molecule has 0 aliphatic carbocycles. The summed E-state index contributed by atoms with van der Waals surface area (Å²) in [5.74, 6) is 0.993. The van der Waals surface area contributed by atoms with Gasteiger partial charge in [-0.3, -0.25) is 4.98 Å². The van der Waals surface area contributed by atoms with E-state index in [0.717, 1.165) is 37.7 Å². The normalized spacial score (nSPS) is 17.5. The zero-order valence-electron chi connectivity index (χ0n) is 7.82. The molecule has 1 fully saturated rings. The quantitative estimate of drug-likeness (QED) is 0.666. The van der Waals surface area contributed by atoms with Crippen molar-refractivity contribution in [2.75, 3.05) is 31.1 Å². The summed E-state index contributed by atoms with van der Waals surface area (Å²) >= 11 is 0. The summed E-state index contributed by atoms with van der Waals surface area (Å²) in [6.45, 7) is 6.08. The highest BCUT2D eigenvalue weighted by Crippen LogP contribution is 2.08. The minimum atomic E-state index is 0.971. The van der Waals surface area contributed by atoms with E-state index in [1.54, 1.807) is 0 Å². The average molecular weight is 178 g/mol. The van der Waals surface area contributed by atoms with Gasteiger partial charge >= 0.3 is 0 Å². The van der Waals surface area contributed by atoms with E-state index in [4.69, 9.17) is 0 Å². The van der Waals surface area contributed by atoms with Crippen molar-refractivity contribution >= 4 is 5.82 Å². The summed E-state index contributed by atoms with van der Waals surface area (Å²) < 4.78 is 0. The lowest BCUT2D eigenvalue weighted by Gasteiger charge is -2.27. The van der Waals surface area contributed by atoms with Crippen LogP contribution in [0.4, 0.5) is 5.82 Å². The maximum atomic E-state index is 4.34. The minimum absolute atomic E-state index is 0.971. The van der Waals surface area contributed by atoms with Crippen LogP contribution in [0.1, 0.15) is 5.69 Å². The number of hydrogen-bond donors (Lipinski definition) is 1. The average Bonchev–Trinajstić information content (AvgIpc) is 2.20.